The van der Waals surface area contributed by atoms with E-state index >= 15 is 0 Å². The summed E-state index contributed by atoms with van der Waals surface area (Å²) < 4.78 is 0. The molecule has 6 heteroatoms. The SMILES string of the molecule is CN(C)c1ccc(C2Nc3ncccc3C=C2[N+](=O)[O-])cc1. The molecule has 0 amide bonds. The monoisotopic (exact) mass is 296 g/mol. The Morgan fingerprint density at radius 2 is 1.95 bits per heavy atom. The normalized spacial score (nSPS) is 16.3. The molecule has 0 radical (unpaired) electrons. The summed E-state index contributed by atoms with van der Waals surface area (Å²) in [5, 5.41) is 14.6. The minimum atomic E-state index is -0.506. The highest BCUT2D eigenvalue weighted by Gasteiger charge is 2.31. The topological polar surface area (TPSA) is 71.3 Å². The number of rotatable bonds is 3. The molecule has 0 saturated carbocycles. The van der Waals surface area contributed by atoms with Crippen molar-refractivity contribution in [3.8, 4) is 0 Å². The molecule has 112 valence electrons. The Hall–Kier alpha value is -2.89. The highest BCUT2D eigenvalue weighted by molar-refractivity contribution is 5.70. The minimum absolute atomic E-state index is 0.123. The molecule has 1 unspecified atom stereocenters. The van der Waals surface area contributed by atoms with E-state index < -0.39 is 6.04 Å². The Balaban J connectivity index is 2.01. The van der Waals surface area contributed by atoms with Gasteiger partial charge in [-0.25, -0.2) is 4.98 Å². The van der Waals surface area contributed by atoms with Crippen LogP contribution in [-0.2, 0) is 0 Å². The number of fused-ring (bicyclic) bond motifs is 1. The second-order valence-electron chi connectivity index (χ2n) is 5.33. The smallest absolute Gasteiger partial charge is 0.273 e. The van der Waals surface area contributed by atoms with Gasteiger partial charge in [0.25, 0.3) is 5.70 Å². The maximum Gasteiger partial charge on any atom is 0.273 e. The molecule has 1 atom stereocenters. The number of aromatic nitrogens is 1. The molecule has 3 rings (SSSR count). The third-order valence-corrected chi connectivity index (χ3v) is 3.67. The minimum Gasteiger partial charge on any atom is -0.378 e. The Labute approximate surface area is 128 Å². The molecule has 6 nitrogen and oxygen atoms in total. The van der Waals surface area contributed by atoms with Gasteiger partial charge in [0.1, 0.15) is 11.9 Å². The van der Waals surface area contributed by atoms with Crippen LogP contribution >= 0.6 is 0 Å². The van der Waals surface area contributed by atoms with Gasteiger partial charge in [0.2, 0.25) is 0 Å². The van der Waals surface area contributed by atoms with Crippen LogP contribution in [0.25, 0.3) is 6.08 Å². The van der Waals surface area contributed by atoms with E-state index in [-0.39, 0.29) is 10.6 Å². The van der Waals surface area contributed by atoms with Crippen LogP contribution in [0.5, 0.6) is 0 Å². The van der Waals surface area contributed by atoms with Crippen LogP contribution in [0.2, 0.25) is 0 Å². The summed E-state index contributed by atoms with van der Waals surface area (Å²) in [7, 11) is 3.91. The van der Waals surface area contributed by atoms with Gasteiger partial charge < -0.3 is 10.2 Å². The molecular formula is C16H16N4O2. The van der Waals surface area contributed by atoms with Crippen molar-refractivity contribution in [2.24, 2.45) is 0 Å². The van der Waals surface area contributed by atoms with E-state index in [1.807, 2.05) is 49.3 Å². The van der Waals surface area contributed by atoms with Gasteiger partial charge in [-0.2, -0.15) is 0 Å². The number of nitrogens with zero attached hydrogens (tertiary/aromatic N) is 3. The molecule has 22 heavy (non-hydrogen) atoms. The van der Waals surface area contributed by atoms with E-state index in [0.29, 0.717) is 5.82 Å². The Kier molecular flexibility index (Phi) is 3.50. The van der Waals surface area contributed by atoms with Gasteiger partial charge in [0.15, 0.2) is 0 Å². The first-order valence-electron chi connectivity index (χ1n) is 6.91. The highest BCUT2D eigenvalue weighted by Crippen LogP contribution is 2.34. The van der Waals surface area contributed by atoms with Crippen molar-refractivity contribution in [1.82, 2.24) is 4.98 Å². The van der Waals surface area contributed by atoms with Gasteiger partial charge in [-0.15, -0.1) is 0 Å². The van der Waals surface area contributed by atoms with Gasteiger partial charge in [-0.05, 0) is 29.8 Å². The maximum atomic E-state index is 11.4. The zero-order valence-corrected chi connectivity index (χ0v) is 12.4. The molecule has 0 bridgehead atoms. The fourth-order valence-corrected chi connectivity index (χ4v) is 2.49. The van der Waals surface area contributed by atoms with Gasteiger partial charge in [0, 0.05) is 37.6 Å². The number of benzene rings is 1. The lowest BCUT2D eigenvalue weighted by Crippen LogP contribution is -2.22. The van der Waals surface area contributed by atoms with Gasteiger partial charge >= 0.3 is 0 Å². The van der Waals surface area contributed by atoms with Crippen molar-refractivity contribution in [2.45, 2.75) is 6.04 Å². The zero-order chi connectivity index (χ0) is 15.7. The molecule has 1 aromatic heterocycles. The molecule has 0 spiro atoms. The summed E-state index contributed by atoms with van der Waals surface area (Å²) in [5.41, 5.74) is 2.74. The summed E-state index contributed by atoms with van der Waals surface area (Å²) >= 11 is 0. The standard InChI is InChI=1S/C16H16N4O2/c1-19(2)13-7-5-11(6-8-13)15-14(20(21)22)10-12-4-3-9-17-16(12)18-15/h3-10,15H,1-2H3,(H,17,18). The second kappa shape index (κ2) is 5.48. The van der Waals surface area contributed by atoms with Crippen LogP contribution in [0.1, 0.15) is 17.2 Å². The number of hydrogen-bond donors (Lipinski definition) is 1. The molecule has 0 saturated heterocycles. The van der Waals surface area contributed by atoms with Gasteiger partial charge in [-0.3, -0.25) is 10.1 Å². The van der Waals surface area contributed by atoms with E-state index in [1.54, 1.807) is 18.3 Å². The van der Waals surface area contributed by atoms with Crippen LogP contribution in [0, 0.1) is 10.1 Å². The molecule has 1 N–H and O–H groups in total. The Bertz CT molecular complexity index is 738. The first-order valence-corrected chi connectivity index (χ1v) is 6.91. The molecule has 1 aliphatic rings. The van der Waals surface area contributed by atoms with Crippen LogP contribution in [-0.4, -0.2) is 24.0 Å². The van der Waals surface area contributed by atoms with Crippen LogP contribution in [0.3, 0.4) is 0 Å². The van der Waals surface area contributed by atoms with E-state index in [4.69, 9.17) is 0 Å². The Morgan fingerprint density at radius 3 is 2.59 bits per heavy atom. The van der Waals surface area contributed by atoms with E-state index in [9.17, 15) is 10.1 Å². The first kappa shape index (κ1) is 14.1. The van der Waals surface area contributed by atoms with Crippen LogP contribution in [0.15, 0.2) is 48.3 Å². The Morgan fingerprint density at radius 1 is 1.23 bits per heavy atom. The predicted molar refractivity (Wildman–Crippen MR) is 86.3 cm³/mol. The third kappa shape index (κ3) is 2.50. The summed E-state index contributed by atoms with van der Waals surface area (Å²) in [4.78, 5) is 17.3. The molecule has 1 aliphatic heterocycles. The van der Waals surface area contributed by atoms with Crippen molar-refractivity contribution >= 4 is 17.6 Å². The summed E-state index contributed by atoms with van der Waals surface area (Å²) in [6, 6.07) is 10.8. The van der Waals surface area contributed by atoms with E-state index in [2.05, 4.69) is 10.3 Å². The molecular weight excluding hydrogens is 280 g/mol. The summed E-state index contributed by atoms with van der Waals surface area (Å²) in [6.07, 6.45) is 3.26. The molecule has 2 aromatic rings. The van der Waals surface area contributed by atoms with Gasteiger partial charge in [0.05, 0.1) is 4.92 Å². The van der Waals surface area contributed by atoms with Crippen molar-refractivity contribution in [2.75, 3.05) is 24.3 Å². The number of anilines is 2. The quantitative estimate of drug-likeness (QED) is 0.696. The predicted octanol–water partition coefficient (Wildman–Crippen LogP) is 2.93. The number of hydrogen-bond acceptors (Lipinski definition) is 5. The fourth-order valence-electron chi connectivity index (χ4n) is 2.49. The lowest BCUT2D eigenvalue weighted by atomic mass is 9.98. The van der Waals surface area contributed by atoms with Crippen molar-refractivity contribution in [3.63, 3.8) is 0 Å². The largest absolute Gasteiger partial charge is 0.378 e. The lowest BCUT2D eigenvalue weighted by molar-refractivity contribution is -0.427. The van der Waals surface area contributed by atoms with Gasteiger partial charge in [-0.1, -0.05) is 12.1 Å². The number of nitrogens with one attached hydrogen (secondary N) is 1. The molecule has 1 aromatic carbocycles. The van der Waals surface area contributed by atoms with E-state index in [0.717, 1.165) is 16.8 Å². The number of pyridine rings is 1. The van der Waals surface area contributed by atoms with E-state index in [1.165, 1.54) is 0 Å². The lowest BCUT2D eigenvalue weighted by Gasteiger charge is -2.23. The average Bonchev–Trinajstić information content (AvgIpc) is 2.53. The molecule has 0 fully saturated rings. The average molecular weight is 296 g/mol. The van der Waals surface area contributed by atoms with Crippen molar-refractivity contribution in [1.29, 1.82) is 0 Å². The second-order valence-corrected chi connectivity index (χ2v) is 5.33. The van der Waals surface area contributed by atoms with Crippen molar-refractivity contribution < 1.29 is 4.92 Å². The van der Waals surface area contributed by atoms with Crippen LogP contribution in [0.4, 0.5) is 11.5 Å². The third-order valence-electron chi connectivity index (χ3n) is 3.67. The maximum absolute atomic E-state index is 11.4. The fraction of sp³-hybridized carbons (Fsp3) is 0.188. The first-order chi connectivity index (χ1) is 10.6. The summed E-state index contributed by atoms with van der Waals surface area (Å²) in [6.45, 7) is 0. The molecule has 0 aliphatic carbocycles. The number of nitro groups is 1. The highest BCUT2D eigenvalue weighted by atomic mass is 16.6. The molecule has 2 heterocycles. The van der Waals surface area contributed by atoms with Crippen molar-refractivity contribution in [3.05, 3.63) is 69.5 Å². The summed E-state index contributed by atoms with van der Waals surface area (Å²) in [5.74, 6) is 0.662. The zero-order valence-electron chi connectivity index (χ0n) is 12.4. The van der Waals surface area contributed by atoms with Crippen LogP contribution < -0.4 is 10.2 Å².